The molecule has 0 saturated carbocycles. The lowest BCUT2D eigenvalue weighted by molar-refractivity contribution is -0.0235. The zero-order valence-electron chi connectivity index (χ0n) is 16.4. The maximum atomic E-state index is 12.4. The minimum absolute atomic E-state index is 0.259. The largest absolute Gasteiger partial charge is 0.349 e. The van der Waals surface area contributed by atoms with Gasteiger partial charge in [0.15, 0.2) is 14.6 Å². The molecule has 12 heteroatoms. The fourth-order valence-corrected chi connectivity index (χ4v) is 4.25. The van der Waals surface area contributed by atoms with Crippen LogP contribution in [-0.4, -0.2) is 56.6 Å². The number of nitrogens with zero attached hydrogens (tertiary/aromatic N) is 5. The van der Waals surface area contributed by atoms with Crippen molar-refractivity contribution in [1.29, 1.82) is 0 Å². The third-order valence-electron chi connectivity index (χ3n) is 4.51. The molecule has 11 nitrogen and oxygen atoms in total. The van der Waals surface area contributed by atoms with Crippen LogP contribution in [0.2, 0.25) is 0 Å². The summed E-state index contributed by atoms with van der Waals surface area (Å²) in [5.41, 5.74) is -0.349. The van der Waals surface area contributed by atoms with E-state index in [-0.39, 0.29) is 19.3 Å². The Bertz CT molecular complexity index is 981. The molecule has 29 heavy (non-hydrogen) atoms. The van der Waals surface area contributed by atoms with Gasteiger partial charge in [-0.05, 0) is 13.3 Å². The van der Waals surface area contributed by atoms with Gasteiger partial charge >= 0.3 is 5.69 Å². The van der Waals surface area contributed by atoms with Crippen molar-refractivity contribution in [2.45, 2.75) is 44.7 Å². The first kappa shape index (κ1) is 21.3. The van der Waals surface area contributed by atoms with Gasteiger partial charge < -0.3 is 18.6 Å². The van der Waals surface area contributed by atoms with E-state index in [9.17, 15) is 9.59 Å². The summed E-state index contributed by atoms with van der Waals surface area (Å²) in [6.45, 7) is 13.0. The van der Waals surface area contributed by atoms with Crippen LogP contribution in [0.25, 0.3) is 4.85 Å². The highest BCUT2D eigenvalue weighted by Crippen LogP contribution is 2.47. The zero-order valence-corrected chi connectivity index (χ0v) is 17.3. The quantitative estimate of drug-likeness (QED) is 0.386. The topological polar surface area (TPSA) is 118 Å². The maximum Gasteiger partial charge on any atom is 0.330 e. The van der Waals surface area contributed by atoms with Crippen LogP contribution in [0, 0.1) is 13.5 Å². The summed E-state index contributed by atoms with van der Waals surface area (Å²) in [4.78, 5) is 29.4. The fraction of sp³-hybridized carbons (Fsp3) is 0.588. The number of aryl methyl sites for hydroxylation is 1. The van der Waals surface area contributed by atoms with Gasteiger partial charge in [0.2, 0.25) is 6.54 Å². The number of aromatic amines is 1. The van der Waals surface area contributed by atoms with E-state index in [1.54, 1.807) is 10.9 Å². The molecule has 3 rings (SSSR count). The molecule has 1 saturated heterocycles. The first-order chi connectivity index (χ1) is 13.9. The van der Waals surface area contributed by atoms with Crippen molar-refractivity contribution in [3.8, 4) is 0 Å². The number of rotatable bonds is 8. The monoisotopic (exact) mass is 422 g/mol. The third kappa shape index (κ3) is 4.79. The number of hydrogen-bond donors (Lipinski definition) is 1. The number of hydrogen-bond acceptors (Lipinski definition) is 7. The van der Waals surface area contributed by atoms with Crippen molar-refractivity contribution >= 4 is 8.38 Å². The molecule has 1 fully saturated rings. The van der Waals surface area contributed by atoms with E-state index in [2.05, 4.69) is 20.1 Å². The SMILES string of the molecule is [C-]#[N+]CCOP(C)OC1[C@@H](CC)O[C@@H](n2ccc(=O)[nH]c2=O)[C@H]1n1cc(C)nn1. The normalized spacial score (nSPS) is 25.0. The average molecular weight is 422 g/mol. The molecule has 0 radical (unpaired) electrons. The molecule has 2 aromatic heterocycles. The summed E-state index contributed by atoms with van der Waals surface area (Å²) < 4.78 is 20.9. The summed E-state index contributed by atoms with van der Waals surface area (Å²) in [5, 5.41) is 8.22. The van der Waals surface area contributed by atoms with Crippen LogP contribution in [0.15, 0.2) is 28.0 Å². The van der Waals surface area contributed by atoms with E-state index in [0.29, 0.717) is 12.1 Å². The van der Waals surface area contributed by atoms with E-state index in [4.69, 9.17) is 20.4 Å². The summed E-state index contributed by atoms with van der Waals surface area (Å²) in [6.07, 6.45) is 2.25. The van der Waals surface area contributed by atoms with Gasteiger partial charge in [0.1, 0.15) is 18.8 Å². The number of aromatic nitrogens is 5. The molecule has 5 atom stereocenters. The molecule has 0 amide bonds. The Morgan fingerprint density at radius 3 is 2.86 bits per heavy atom. The van der Waals surface area contributed by atoms with Crippen LogP contribution in [0.4, 0.5) is 0 Å². The Labute approximate surface area is 168 Å². The lowest BCUT2D eigenvalue weighted by atomic mass is 10.1. The predicted molar refractivity (Wildman–Crippen MR) is 104 cm³/mol. The highest BCUT2D eigenvalue weighted by Gasteiger charge is 2.48. The fourth-order valence-electron chi connectivity index (χ4n) is 3.24. The molecular weight excluding hydrogens is 399 g/mol. The standard InChI is InChI=1S/C17H23N6O5P/c1-5-12-15(28-29(4)26-9-7-18-3)14(23-10-11(2)20-21-23)16(27-12)22-8-6-13(24)19-17(22)25/h6,8,10,12,14-16H,5,7,9H2,1-2,4H3,(H,19,24,25)/t12-,14+,15?,16-,29?/m1/s1. The molecular formula is C17H23N6O5P. The van der Waals surface area contributed by atoms with Gasteiger partial charge in [-0.3, -0.25) is 14.3 Å². The van der Waals surface area contributed by atoms with Crippen molar-refractivity contribution in [2.75, 3.05) is 19.8 Å². The lowest BCUT2D eigenvalue weighted by Crippen LogP contribution is -2.36. The first-order valence-electron chi connectivity index (χ1n) is 9.16. The second-order valence-corrected chi connectivity index (χ2v) is 7.89. The van der Waals surface area contributed by atoms with Crippen molar-refractivity contribution in [2.24, 2.45) is 0 Å². The van der Waals surface area contributed by atoms with Crippen molar-refractivity contribution in [1.82, 2.24) is 24.5 Å². The van der Waals surface area contributed by atoms with Crippen LogP contribution in [0.1, 0.15) is 31.3 Å². The van der Waals surface area contributed by atoms with Gasteiger partial charge in [-0.25, -0.2) is 16.0 Å². The highest BCUT2D eigenvalue weighted by molar-refractivity contribution is 7.46. The van der Waals surface area contributed by atoms with Crippen LogP contribution < -0.4 is 11.2 Å². The van der Waals surface area contributed by atoms with Crippen molar-refractivity contribution in [3.05, 3.63) is 56.4 Å². The van der Waals surface area contributed by atoms with Gasteiger partial charge in [-0.1, -0.05) is 12.1 Å². The van der Waals surface area contributed by atoms with Gasteiger partial charge in [0.25, 0.3) is 5.56 Å². The summed E-state index contributed by atoms with van der Waals surface area (Å²) in [5.74, 6) is 0. The Balaban J connectivity index is 1.95. The Kier molecular flexibility index (Phi) is 6.92. The number of H-pyrrole nitrogens is 1. The first-order valence-corrected chi connectivity index (χ1v) is 10.8. The summed E-state index contributed by atoms with van der Waals surface area (Å²) >= 11 is 0. The van der Waals surface area contributed by atoms with Gasteiger partial charge in [-0.15, -0.1) is 5.10 Å². The highest BCUT2D eigenvalue weighted by atomic mass is 31.2. The van der Waals surface area contributed by atoms with Crippen molar-refractivity contribution in [3.63, 3.8) is 0 Å². The third-order valence-corrected chi connectivity index (χ3v) is 5.60. The van der Waals surface area contributed by atoms with E-state index in [1.165, 1.54) is 16.8 Å². The van der Waals surface area contributed by atoms with Crippen LogP contribution in [0.5, 0.6) is 0 Å². The molecule has 0 spiro atoms. The second kappa shape index (κ2) is 9.41. The van der Waals surface area contributed by atoms with E-state index < -0.39 is 38.0 Å². The Morgan fingerprint density at radius 1 is 1.45 bits per heavy atom. The summed E-state index contributed by atoms with van der Waals surface area (Å²) in [6, 6.07) is 0.767. The molecule has 156 valence electrons. The minimum atomic E-state index is -1.28. The van der Waals surface area contributed by atoms with Crippen LogP contribution in [-0.2, 0) is 13.8 Å². The number of nitrogens with one attached hydrogen (secondary N) is 1. The zero-order chi connectivity index (χ0) is 21.0. The Hall–Kier alpha value is -2.38. The molecule has 0 aliphatic carbocycles. The van der Waals surface area contributed by atoms with Gasteiger partial charge in [-0.2, -0.15) is 0 Å². The molecule has 2 unspecified atom stereocenters. The Morgan fingerprint density at radius 2 is 2.24 bits per heavy atom. The maximum absolute atomic E-state index is 12.4. The van der Waals surface area contributed by atoms with Gasteiger partial charge in [0, 0.05) is 25.1 Å². The smallest absolute Gasteiger partial charge is 0.330 e. The second-order valence-electron chi connectivity index (χ2n) is 6.55. The van der Waals surface area contributed by atoms with E-state index in [1.807, 2.05) is 20.5 Å². The lowest BCUT2D eigenvalue weighted by Gasteiger charge is -2.26. The predicted octanol–water partition coefficient (Wildman–Crippen LogP) is 1.25. The van der Waals surface area contributed by atoms with E-state index in [0.717, 1.165) is 0 Å². The molecule has 1 N–H and O–H groups in total. The van der Waals surface area contributed by atoms with Crippen LogP contribution >= 0.6 is 8.38 Å². The molecule has 0 bridgehead atoms. The van der Waals surface area contributed by atoms with Crippen LogP contribution in [0.3, 0.4) is 0 Å². The van der Waals surface area contributed by atoms with E-state index >= 15 is 0 Å². The summed E-state index contributed by atoms with van der Waals surface area (Å²) in [7, 11) is -1.28. The number of ether oxygens (including phenoxy) is 1. The average Bonchev–Trinajstić information content (AvgIpc) is 3.25. The minimum Gasteiger partial charge on any atom is -0.349 e. The molecule has 2 aromatic rings. The molecule has 1 aliphatic rings. The molecule has 0 aromatic carbocycles. The van der Waals surface area contributed by atoms with Gasteiger partial charge in [0.05, 0.1) is 11.8 Å². The molecule has 1 aliphatic heterocycles. The molecule has 3 heterocycles. The van der Waals surface area contributed by atoms with Crippen molar-refractivity contribution < 1.29 is 13.8 Å².